The number of hydrogen-bond acceptors (Lipinski definition) is 5. The van der Waals surface area contributed by atoms with Gasteiger partial charge in [0.2, 0.25) is 17.7 Å². The molecule has 3 amide bonds. The molecule has 2 aliphatic rings. The quantitative estimate of drug-likeness (QED) is 0.559. The monoisotopic (exact) mass is 340 g/mol. The number of aliphatic carboxylic acids is 1. The molecule has 9 nitrogen and oxygen atoms in total. The van der Waals surface area contributed by atoms with Crippen LogP contribution in [-0.4, -0.2) is 76.4 Å². The van der Waals surface area contributed by atoms with Crippen molar-refractivity contribution in [1.82, 2.24) is 15.1 Å². The fourth-order valence-electron chi connectivity index (χ4n) is 3.38. The number of hydrogen-bond donors (Lipinski definition) is 3. The lowest BCUT2D eigenvalue weighted by atomic mass is 10.1. The van der Waals surface area contributed by atoms with E-state index in [0.29, 0.717) is 38.8 Å². The maximum absolute atomic E-state index is 12.7. The Bertz CT molecular complexity index is 538. The van der Waals surface area contributed by atoms with Crippen molar-refractivity contribution in [2.24, 2.45) is 5.73 Å². The summed E-state index contributed by atoms with van der Waals surface area (Å²) in [6, 6.07) is -2.25. The molecule has 0 bridgehead atoms. The van der Waals surface area contributed by atoms with Crippen LogP contribution in [0.25, 0.3) is 0 Å². The van der Waals surface area contributed by atoms with Gasteiger partial charge in [-0.2, -0.15) is 0 Å². The Morgan fingerprint density at radius 2 is 1.71 bits per heavy atom. The van der Waals surface area contributed by atoms with Crippen molar-refractivity contribution in [3.63, 3.8) is 0 Å². The molecule has 134 valence electrons. The van der Waals surface area contributed by atoms with Gasteiger partial charge in [-0.3, -0.25) is 14.4 Å². The maximum atomic E-state index is 12.7. The summed E-state index contributed by atoms with van der Waals surface area (Å²) in [5.74, 6) is -2.12. The van der Waals surface area contributed by atoms with Gasteiger partial charge in [-0.05, 0) is 32.6 Å². The van der Waals surface area contributed by atoms with E-state index in [4.69, 9.17) is 5.73 Å². The van der Waals surface area contributed by atoms with Crippen LogP contribution in [0, 0.1) is 0 Å². The van der Waals surface area contributed by atoms with Crippen molar-refractivity contribution in [2.45, 2.75) is 50.7 Å². The number of carboxylic acids is 1. The van der Waals surface area contributed by atoms with Gasteiger partial charge in [0.15, 0.2) is 0 Å². The zero-order valence-corrected chi connectivity index (χ0v) is 13.7. The van der Waals surface area contributed by atoms with Gasteiger partial charge >= 0.3 is 5.97 Å². The normalized spacial score (nSPS) is 24.8. The highest BCUT2D eigenvalue weighted by Crippen LogP contribution is 2.25. The Balaban J connectivity index is 2.06. The van der Waals surface area contributed by atoms with Crippen LogP contribution >= 0.6 is 0 Å². The Labute approximate surface area is 140 Å². The summed E-state index contributed by atoms with van der Waals surface area (Å²) in [7, 11) is 0. The van der Waals surface area contributed by atoms with Crippen LogP contribution in [-0.2, 0) is 19.2 Å². The van der Waals surface area contributed by atoms with E-state index in [0.717, 1.165) is 0 Å². The van der Waals surface area contributed by atoms with Crippen molar-refractivity contribution in [2.75, 3.05) is 19.6 Å². The standard InChI is InChI=1S/C15H24N4O5/c1-9(17-12(20)8-16)13(21)18-6-2-4-10(18)14(22)19-7-3-5-11(19)15(23)24/h9-11H,2-8,16H2,1H3,(H,17,20)(H,23,24)/t9-,10-,11-/m0/s1. The molecule has 0 radical (unpaired) electrons. The van der Waals surface area contributed by atoms with Gasteiger partial charge in [-0.25, -0.2) is 4.79 Å². The first-order valence-electron chi connectivity index (χ1n) is 8.20. The van der Waals surface area contributed by atoms with Gasteiger partial charge in [0.05, 0.1) is 6.54 Å². The minimum atomic E-state index is -1.01. The van der Waals surface area contributed by atoms with E-state index in [1.165, 1.54) is 9.80 Å². The number of amides is 3. The van der Waals surface area contributed by atoms with E-state index in [9.17, 15) is 24.3 Å². The molecule has 2 fully saturated rings. The molecule has 0 aromatic carbocycles. The topological polar surface area (TPSA) is 133 Å². The molecule has 2 aliphatic heterocycles. The predicted octanol–water partition coefficient (Wildman–Crippen LogP) is -1.48. The average molecular weight is 340 g/mol. The smallest absolute Gasteiger partial charge is 0.326 e. The highest BCUT2D eigenvalue weighted by Gasteiger charge is 2.42. The van der Waals surface area contributed by atoms with Crippen LogP contribution in [0.4, 0.5) is 0 Å². The number of nitrogens with one attached hydrogen (secondary N) is 1. The van der Waals surface area contributed by atoms with Gasteiger partial charge in [0.25, 0.3) is 0 Å². The zero-order chi connectivity index (χ0) is 17.9. The lowest BCUT2D eigenvalue weighted by Gasteiger charge is -2.31. The Morgan fingerprint density at radius 1 is 1.12 bits per heavy atom. The number of nitrogens with two attached hydrogens (primary N) is 1. The molecule has 0 aromatic heterocycles. The number of likely N-dealkylation sites (tertiary alicyclic amines) is 2. The van der Waals surface area contributed by atoms with Crippen molar-refractivity contribution in [3.8, 4) is 0 Å². The largest absolute Gasteiger partial charge is 0.480 e. The highest BCUT2D eigenvalue weighted by atomic mass is 16.4. The molecular formula is C15H24N4O5. The lowest BCUT2D eigenvalue weighted by molar-refractivity contribution is -0.152. The lowest BCUT2D eigenvalue weighted by Crippen LogP contribution is -2.55. The van der Waals surface area contributed by atoms with Crippen LogP contribution in [0.1, 0.15) is 32.6 Å². The summed E-state index contributed by atoms with van der Waals surface area (Å²) in [5, 5.41) is 11.7. The van der Waals surface area contributed by atoms with E-state index in [1.54, 1.807) is 6.92 Å². The van der Waals surface area contributed by atoms with E-state index in [1.807, 2.05) is 0 Å². The SMILES string of the molecule is C[C@H](NC(=O)CN)C(=O)N1CCC[C@H]1C(=O)N1CCC[C@H]1C(=O)O. The van der Waals surface area contributed by atoms with E-state index in [2.05, 4.69) is 5.32 Å². The van der Waals surface area contributed by atoms with Gasteiger partial charge < -0.3 is 26.0 Å². The molecule has 2 rings (SSSR count). The molecule has 0 aromatic rings. The van der Waals surface area contributed by atoms with Gasteiger partial charge in [0.1, 0.15) is 18.1 Å². The zero-order valence-electron chi connectivity index (χ0n) is 13.7. The summed E-state index contributed by atoms with van der Waals surface area (Å²) >= 11 is 0. The molecule has 24 heavy (non-hydrogen) atoms. The average Bonchev–Trinajstić information content (AvgIpc) is 3.22. The highest BCUT2D eigenvalue weighted by molar-refractivity contribution is 5.94. The van der Waals surface area contributed by atoms with Crippen LogP contribution < -0.4 is 11.1 Å². The predicted molar refractivity (Wildman–Crippen MR) is 83.8 cm³/mol. The first-order chi connectivity index (χ1) is 11.4. The number of nitrogens with zero attached hydrogens (tertiary/aromatic N) is 2. The number of carbonyl (C=O) groups is 4. The van der Waals surface area contributed by atoms with Crippen LogP contribution in [0.15, 0.2) is 0 Å². The van der Waals surface area contributed by atoms with Gasteiger partial charge in [-0.15, -0.1) is 0 Å². The first-order valence-corrected chi connectivity index (χ1v) is 8.20. The fraction of sp³-hybridized carbons (Fsp3) is 0.733. The second kappa shape index (κ2) is 7.61. The summed E-state index contributed by atoms with van der Waals surface area (Å²) in [6.45, 7) is 2.15. The summed E-state index contributed by atoms with van der Waals surface area (Å²) in [6.07, 6.45) is 2.26. The van der Waals surface area contributed by atoms with Crippen LogP contribution in [0.5, 0.6) is 0 Å². The Hall–Kier alpha value is -2.16. The maximum Gasteiger partial charge on any atom is 0.326 e. The van der Waals surface area contributed by atoms with E-state index in [-0.39, 0.29) is 18.4 Å². The van der Waals surface area contributed by atoms with E-state index >= 15 is 0 Å². The number of rotatable bonds is 5. The van der Waals surface area contributed by atoms with Crippen molar-refractivity contribution in [1.29, 1.82) is 0 Å². The Morgan fingerprint density at radius 3 is 2.29 bits per heavy atom. The van der Waals surface area contributed by atoms with Crippen molar-refractivity contribution in [3.05, 3.63) is 0 Å². The molecule has 2 heterocycles. The number of carboxylic acid groups (broad SMARTS) is 1. The van der Waals surface area contributed by atoms with E-state index < -0.39 is 30.0 Å². The van der Waals surface area contributed by atoms with Crippen molar-refractivity contribution >= 4 is 23.7 Å². The van der Waals surface area contributed by atoms with Crippen LogP contribution in [0.2, 0.25) is 0 Å². The molecule has 2 saturated heterocycles. The Kier molecular flexibility index (Phi) is 5.76. The molecule has 0 saturated carbocycles. The first kappa shape index (κ1) is 18.2. The van der Waals surface area contributed by atoms with Crippen molar-refractivity contribution < 1.29 is 24.3 Å². The molecule has 9 heteroatoms. The second-order valence-electron chi connectivity index (χ2n) is 6.21. The van der Waals surface area contributed by atoms with Gasteiger partial charge in [-0.1, -0.05) is 0 Å². The molecule has 0 spiro atoms. The molecule has 0 unspecified atom stereocenters. The third kappa shape index (κ3) is 3.66. The fourth-order valence-corrected chi connectivity index (χ4v) is 3.38. The van der Waals surface area contributed by atoms with Crippen LogP contribution in [0.3, 0.4) is 0 Å². The summed E-state index contributed by atoms with van der Waals surface area (Å²) < 4.78 is 0. The summed E-state index contributed by atoms with van der Waals surface area (Å²) in [5.41, 5.74) is 5.22. The molecule has 3 atom stereocenters. The number of carbonyl (C=O) groups excluding carboxylic acids is 3. The minimum absolute atomic E-state index is 0.214. The van der Waals surface area contributed by atoms with Gasteiger partial charge in [0, 0.05) is 13.1 Å². The third-order valence-electron chi connectivity index (χ3n) is 4.58. The molecule has 0 aliphatic carbocycles. The summed E-state index contributed by atoms with van der Waals surface area (Å²) in [4.78, 5) is 50.7. The molecule has 4 N–H and O–H groups in total. The third-order valence-corrected chi connectivity index (χ3v) is 4.58. The minimum Gasteiger partial charge on any atom is -0.480 e. The second-order valence-corrected chi connectivity index (χ2v) is 6.21. The molecular weight excluding hydrogens is 316 g/mol.